The van der Waals surface area contributed by atoms with Gasteiger partial charge in [0.25, 0.3) is 0 Å². The third-order valence-corrected chi connectivity index (χ3v) is 4.25. The van der Waals surface area contributed by atoms with Crippen molar-refractivity contribution in [3.05, 3.63) is 56.5 Å². The summed E-state index contributed by atoms with van der Waals surface area (Å²) in [5, 5.41) is 8.48. The summed E-state index contributed by atoms with van der Waals surface area (Å²) in [7, 11) is 0. The summed E-state index contributed by atoms with van der Waals surface area (Å²) in [6.45, 7) is 0.296. The molecule has 2 N–H and O–H groups in total. The first-order valence-corrected chi connectivity index (χ1v) is 8.04. The molecule has 0 saturated carbocycles. The number of anilines is 1. The van der Waals surface area contributed by atoms with Crippen LogP contribution in [0, 0.1) is 0 Å². The molecule has 3 rings (SSSR count). The van der Waals surface area contributed by atoms with Crippen LogP contribution in [0.1, 0.15) is 5.56 Å². The minimum absolute atomic E-state index is 0.00806. The lowest BCUT2D eigenvalue weighted by atomic mass is 10.2. The second kappa shape index (κ2) is 6.78. The topological polar surface area (TPSA) is 74.2 Å². The Bertz CT molecular complexity index is 831. The Morgan fingerprint density at radius 2 is 1.91 bits per heavy atom. The molecular weight excluding hydrogens is 405 g/mol. The summed E-state index contributed by atoms with van der Waals surface area (Å²) in [5.74, 6) is 0.783. The highest BCUT2D eigenvalue weighted by molar-refractivity contribution is 9.10. The first-order chi connectivity index (χ1) is 11.0. The largest absolute Gasteiger partial charge is 0.486 e. The van der Waals surface area contributed by atoms with Crippen molar-refractivity contribution in [3.63, 3.8) is 0 Å². The van der Waals surface area contributed by atoms with Crippen molar-refractivity contribution in [1.82, 2.24) is 10.2 Å². The number of rotatable bonds is 4. The van der Waals surface area contributed by atoms with Gasteiger partial charge in [0.15, 0.2) is 5.75 Å². The molecule has 0 atom stereocenters. The van der Waals surface area contributed by atoms with Crippen molar-refractivity contribution >= 4 is 45.1 Å². The number of ether oxygens (including phenoxy) is 1. The van der Waals surface area contributed by atoms with Crippen LogP contribution in [0.15, 0.2) is 45.3 Å². The summed E-state index contributed by atoms with van der Waals surface area (Å²) in [6.07, 6.45) is 0. The lowest BCUT2D eigenvalue weighted by Gasteiger charge is -2.12. The number of aromatic nitrogens is 2. The fraction of sp³-hybridized carbons (Fsp3) is 0.0667. The number of benzene rings is 2. The first-order valence-electron chi connectivity index (χ1n) is 6.49. The molecule has 118 valence electrons. The Labute approximate surface area is 150 Å². The van der Waals surface area contributed by atoms with Crippen molar-refractivity contribution in [3.8, 4) is 17.2 Å². The molecule has 5 nitrogen and oxygen atoms in total. The second-order valence-corrected chi connectivity index (χ2v) is 6.26. The van der Waals surface area contributed by atoms with Gasteiger partial charge in [-0.2, -0.15) is 0 Å². The van der Waals surface area contributed by atoms with Gasteiger partial charge in [0, 0.05) is 16.1 Å². The zero-order chi connectivity index (χ0) is 16.4. The minimum Gasteiger partial charge on any atom is -0.486 e. The summed E-state index contributed by atoms with van der Waals surface area (Å²) in [5.41, 5.74) is 6.93. The number of halogens is 3. The first kappa shape index (κ1) is 16.1. The molecule has 0 aliphatic rings. The Hall–Kier alpha value is -1.76. The van der Waals surface area contributed by atoms with Gasteiger partial charge in [0.2, 0.25) is 5.89 Å². The van der Waals surface area contributed by atoms with E-state index in [0.717, 1.165) is 5.56 Å². The Kier molecular flexibility index (Phi) is 4.75. The summed E-state index contributed by atoms with van der Waals surface area (Å²) < 4.78 is 11.6. The number of nitrogen functional groups attached to an aromatic ring is 1. The Morgan fingerprint density at radius 3 is 2.57 bits per heavy atom. The van der Waals surface area contributed by atoms with Gasteiger partial charge >= 0.3 is 6.01 Å². The van der Waals surface area contributed by atoms with E-state index >= 15 is 0 Å². The molecule has 3 aromatic rings. The summed E-state index contributed by atoms with van der Waals surface area (Å²) in [6, 6.07) is 10.9. The molecule has 0 aliphatic carbocycles. The molecule has 0 aliphatic heterocycles. The van der Waals surface area contributed by atoms with Gasteiger partial charge in [-0.15, -0.1) is 5.10 Å². The molecule has 2 aromatic carbocycles. The molecule has 0 fully saturated rings. The van der Waals surface area contributed by atoms with Crippen molar-refractivity contribution in [2.24, 2.45) is 0 Å². The molecule has 8 heteroatoms. The number of hydrogen-bond donors (Lipinski definition) is 1. The molecule has 0 bridgehead atoms. The zero-order valence-electron chi connectivity index (χ0n) is 11.6. The highest BCUT2D eigenvalue weighted by Gasteiger charge is 2.14. The van der Waals surface area contributed by atoms with E-state index in [0.29, 0.717) is 32.4 Å². The van der Waals surface area contributed by atoms with Crippen molar-refractivity contribution in [2.45, 2.75) is 6.61 Å². The van der Waals surface area contributed by atoms with Gasteiger partial charge in [0.1, 0.15) is 6.61 Å². The quantitative estimate of drug-likeness (QED) is 0.652. The summed E-state index contributed by atoms with van der Waals surface area (Å²) in [4.78, 5) is 0. The van der Waals surface area contributed by atoms with Gasteiger partial charge in [-0.3, -0.25) is 0 Å². The molecule has 23 heavy (non-hydrogen) atoms. The second-order valence-electron chi connectivity index (χ2n) is 4.59. The van der Waals surface area contributed by atoms with Gasteiger partial charge in [0.05, 0.1) is 9.50 Å². The molecule has 1 aromatic heterocycles. The average Bonchev–Trinajstić information content (AvgIpc) is 2.94. The predicted molar refractivity (Wildman–Crippen MR) is 92.6 cm³/mol. The van der Waals surface area contributed by atoms with Crippen molar-refractivity contribution in [2.75, 3.05) is 5.73 Å². The van der Waals surface area contributed by atoms with E-state index in [9.17, 15) is 0 Å². The van der Waals surface area contributed by atoms with E-state index in [1.165, 1.54) is 0 Å². The van der Waals surface area contributed by atoms with Gasteiger partial charge in [-0.25, -0.2) is 0 Å². The molecular formula is C15H10BrCl2N3O2. The predicted octanol–water partition coefficient (Wildman–Crippen LogP) is 4.97. The van der Waals surface area contributed by atoms with Crippen LogP contribution in [-0.4, -0.2) is 10.2 Å². The maximum atomic E-state index is 6.29. The van der Waals surface area contributed by atoms with E-state index in [1.807, 2.05) is 18.2 Å². The molecule has 0 amide bonds. The third-order valence-electron chi connectivity index (χ3n) is 3.02. The lowest BCUT2D eigenvalue weighted by Crippen LogP contribution is -1.98. The van der Waals surface area contributed by atoms with E-state index in [2.05, 4.69) is 26.1 Å². The maximum absolute atomic E-state index is 6.29. The SMILES string of the molecule is Nc1nnc(-c2cc(Cl)c(OCc3ccccc3Cl)c(Br)c2)o1. The van der Waals surface area contributed by atoms with E-state index < -0.39 is 0 Å². The molecule has 0 unspecified atom stereocenters. The van der Waals surface area contributed by atoms with Crippen LogP contribution in [-0.2, 0) is 6.61 Å². The van der Waals surface area contributed by atoms with Crippen LogP contribution in [0.3, 0.4) is 0 Å². The zero-order valence-corrected chi connectivity index (χ0v) is 14.7. The lowest BCUT2D eigenvalue weighted by molar-refractivity contribution is 0.304. The van der Waals surface area contributed by atoms with Gasteiger partial charge in [-0.05, 0) is 34.1 Å². The molecule has 0 radical (unpaired) electrons. The van der Waals surface area contributed by atoms with Crippen molar-refractivity contribution in [1.29, 1.82) is 0 Å². The maximum Gasteiger partial charge on any atom is 0.313 e. The third kappa shape index (κ3) is 3.60. The number of hydrogen-bond acceptors (Lipinski definition) is 5. The number of nitrogens with zero attached hydrogens (tertiary/aromatic N) is 2. The van der Waals surface area contributed by atoms with Crippen LogP contribution in [0.5, 0.6) is 5.75 Å². The minimum atomic E-state index is -0.00806. The highest BCUT2D eigenvalue weighted by atomic mass is 79.9. The van der Waals surface area contributed by atoms with Crippen molar-refractivity contribution < 1.29 is 9.15 Å². The van der Waals surface area contributed by atoms with E-state index in [4.69, 9.17) is 38.1 Å². The fourth-order valence-electron chi connectivity index (χ4n) is 1.94. The van der Waals surface area contributed by atoms with E-state index in [1.54, 1.807) is 18.2 Å². The monoisotopic (exact) mass is 413 g/mol. The smallest absolute Gasteiger partial charge is 0.313 e. The van der Waals surface area contributed by atoms with Crippen LogP contribution < -0.4 is 10.5 Å². The Morgan fingerprint density at radius 1 is 1.13 bits per heavy atom. The summed E-state index contributed by atoms with van der Waals surface area (Å²) >= 11 is 15.8. The van der Waals surface area contributed by atoms with E-state index in [-0.39, 0.29) is 11.9 Å². The molecule has 0 saturated heterocycles. The van der Waals surface area contributed by atoms with Gasteiger partial charge < -0.3 is 14.9 Å². The normalized spacial score (nSPS) is 10.7. The highest BCUT2D eigenvalue weighted by Crippen LogP contribution is 2.38. The Balaban J connectivity index is 1.85. The van der Waals surface area contributed by atoms with Crippen LogP contribution in [0.25, 0.3) is 11.5 Å². The number of nitrogens with two attached hydrogens (primary N) is 1. The fourth-order valence-corrected chi connectivity index (χ4v) is 3.09. The molecule has 1 heterocycles. The average molecular weight is 415 g/mol. The van der Waals surface area contributed by atoms with Crippen LogP contribution >= 0.6 is 39.1 Å². The van der Waals surface area contributed by atoms with Gasteiger partial charge in [-0.1, -0.05) is 46.5 Å². The van der Waals surface area contributed by atoms with Crippen LogP contribution in [0.2, 0.25) is 10.0 Å². The van der Waals surface area contributed by atoms with Crippen LogP contribution in [0.4, 0.5) is 6.01 Å². The standard InChI is InChI=1S/C15H10BrCl2N3O2/c16-10-5-9(14-20-21-15(19)23-14)6-12(18)13(10)22-7-8-3-1-2-4-11(8)17/h1-6H,7H2,(H2,19,21). The molecule has 0 spiro atoms.